The molecule has 0 saturated carbocycles. The van der Waals surface area contributed by atoms with Gasteiger partial charge in [-0.1, -0.05) is 0 Å². The van der Waals surface area contributed by atoms with Crippen molar-refractivity contribution in [1.82, 2.24) is 9.97 Å². The van der Waals surface area contributed by atoms with Gasteiger partial charge in [0.1, 0.15) is 5.75 Å². The molecule has 1 aliphatic rings. The molecule has 0 spiro atoms. The zero-order chi connectivity index (χ0) is 16.4. The van der Waals surface area contributed by atoms with Gasteiger partial charge in [0, 0.05) is 17.4 Å². The molecule has 0 saturated heterocycles. The van der Waals surface area contributed by atoms with Crippen LogP contribution in [0.15, 0.2) is 54.7 Å². The van der Waals surface area contributed by atoms with Crippen molar-refractivity contribution in [3.63, 3.8) is 0 Å². The predicted octanol–water partition coefficient (Wildman–Crippen LogP) is 3.62. The van der Waals surface area contributed by atoms with Crippen LogP contribution in [-0.4, -0.2) is 23.9 Å². The highest BCUT2D eigenvalue weighted by Crippen LogP contribution is 2.35. The van der Waals surface area contributed by atoms with Crippen molar-refractivity contribution < 1.29 is 14.2 Å². The first-order valence-corrected chi connectivity index (χ1v) is 7.46. The number of methoxy groups -OCH3 is 1. The zero-order valence-corrected chi connectivity index (χ0v) is 13.0. The molecule has 1 aliphatic heterocycles. The summed E-state index contributed by atoms with van der Waals surface area (Å²) in [5, 5.41) is 3.18. The van der Waals surface area contributed by atoms with Gasteiger partial charge in [0.2, 0.25) is 12.7 Å². The lowest BCUT2D eigenvalue weighted by molar-refractivity contribution is 0.174. The summed E-state index contributed by atoms with van der Waals surface area (Å²) in [5.74, 6) is 2.81. The first-order chi connectivity index (χ1) is 11.8. The highest BCUT2D eigenvalue weighted by molar-refractivity contribution is 5.66. The molecule has 0 unspecified atom stereocenters. The largest absolute Gasteiger partial charge is 0.497 e. The van der Waals surface area contributed by atoms with Crippen LogP contribution < -0.4 is 19.5 Å². The Morgan fingerprint density at radius 2 is 1.83 bits per heavy atom. The Labute approximate surface area is 139 Å². The summed E-state index contributed by atoms with van der Waals surface area (Å²) in [6, 6.07) is 15.2. The summed E-state index contributed by atoms with van der Waals surface area (Å²) in [5.41, 5.74) is 2.64. The Bertz CT molecular complexity index is 866. The van der Waals surface area contributed by atoms with Gasteiger partial charge in [-0.25, -0.2) is 9.97 Å². The summed E-state index contributed by atoms with van der Waals surface area (Å²) in [7, 11) is 1.64. The summed E-state index contributed by atoms with van der Waals surface area (Å²) in [6.07, 6.45) is 1.72. The van der Waals surface area contributed by atoms with Crippen LogP contribution >= 0.6 is 0 Å². The van der Waals surface area contributed by atoms with Gasteiger partial charge in [0.25, 0.3) is 0 Å². The second-order valence-corrected chi connectivity index (χ2v) is 5.19. The van der Waals surface area contributed by atoms with E-state index in [1.54, 1.807) is 13.3 Å². The molecule has 0 amide bonds. The number of benzene rings is 2. The van der Waals surface area contributed by atoms with Gasteiger partial charge in [-0.2, -0.15) is 0 Å². The molecule has 4 rings (SSSR count). The molecule has 6 nitrogen and oxygen atoms in total. The minimum absolute atomic E-state index is 0.257. The molecule has 1 aromatic heterocycles. The average molecular weight is 321 g/mol. The lowest BCUT2D eigenvalue weighted by atomic mass is 10.1. The molecule has 0 bridgehead atoms. The van der Waals surface area contributed by atoms with Crippen molar-refractivity contribution in [1.29, 1.82) is 0 Å². The van der Waals surface area contributed by atoms with Crippen molar-refractivity contribution in [2.24, 2.45) is 0 Å². The number of nitrogens with one attached hydrogen (secondary N) is 1. The van der Waals surface area contributed by atoms with Crippen LogP contribution in [0.5, 0.6) is 17.2 Å². The predicted molar refractivity (Wildman–Crippen MR) is 89.9 cm³/mol. The first-order valence-electron chi connectivity index (χ1n) is 7.46. The molecule has 1 N–H and O–H groups in total. The summed E-state index contributed by atoms with van der Waals surface area (Å²) in [6.45, 7) is 0.257. The maximum absolute atomic E-state index is 5.42. The number of fused-ring (bicyclic) bond motifs is 1. The Hall–Kier alpha value is -3.28. The Morgan fingerprint density at radius 1 is 1.00 bits per heavy atom. The number of anilines is 2. The minimum atomic E-state index is 0.257. The molecular weight excluding hydrogens is 306 g/mol. The van der Waals surface area contributed by atoms with Gasteiger partial charge in [0.05, 0.1) is 12.8 Å². The highest BCUT2D eigenvalue weighted by atomic mass is 16.7. The average Bonchev–Trinajstić information content (AvgIpc) is 3.10. The summed E-state index contributed by atoms with van der Waals surface area (Å²) < 4.78 is 15.9. The molecule has 0 aliphatic carbocycles. The lowest BCUT2D eigenvalue weighted by Crippen LogP contribution is -1.98. The molecular formula is C18H15N3O3. The number of nitrogens with zero attached hydrogens (tertiary/aromatic N) is 2. The second kappa shape index (κ2) is 6.08. The van der Waals surface area contributed by atoms with Gasteiger partial charge >= 0.3 is 0 Å². The smallest absolute Gasteiger partial charge is 0.231 e. The lowest BCUT2D eigenvalue weighted by Gasteiger charge is -2.08. The molecule has 2 aromatic carbocycles. The topological polar surface area (TPSA) is 65.5 Å². The maximum atomic E-state index is 5.42. The van der Waals surface area contributed by atoms with Crippen molar-refractivity contribution >= 4 is 11.6 Å². The third kappa shape index (κ3) is 2.81. The SMILES string of the molecule is COc1ccc(Nc2nccc(-c3ccc4c(c3)OCO4)n2)cc1. The van der Waals surface area contributed by atoms with E-state index in [9.17, 15) is 0 Å². The maximum Gasteiger partial charge on any atom is 0.231 e. The molecule has 120 valence electrons. The molecule has 24 heavy (non-hydrogen) atoms. The van der Waals surface area contributed by atoms with E-state index >= 15 is 0 Å². The van der Waals surface area contributed by atoms with Crippen LogP contribution in [0.25, 0.3) is 11.3 Å². The third-order valence-electron chi connectivity index (χ3n) is 3.67. The molecule has 2 heterocycles. The van der Waals surface area contributed by atoms with E-state index in [2.05, 4.69) is 15.3 Å². The third-order valence-corrected chi connectivity index (χ3v) is 3.67. The van der Waals surface area contributed by atoms with Crippen LogP contribution in [0.1, 0.15) is 0 Å². The first kappa shape index (κ1) is 14.3. The van der Waals surface area contributed by atoms with Gasteiger partial charge in [0.15, 0.2) is 11.5 Å². The standard InChI is InChI=1S/C18H15N3O3/c1-22-14-5-3-13(4-6-14)20-18-19-9-8-15(21-18)12-2-7-16-17(10-12)24-11-23-16/h2-10H,11H2,1H3,(H,19,20,21). The van der Waals surface area contributed by atoms with Crippen molar-refractivity contribution in [3.8, 4) is 28.5 Å². The monoisotopic (exact) mass is 321 g/mol. The van der Waals surface area contributed by atoms with Crippen LogP contribution in [0.3, 0.4) is 0 Å². The molecule has 3 aromatic rings. The van der Waals surface area contributed by atoms with E-state index < -0.39 is 0 Å². The minimum Gasteiger partial charge on any atom is -0.497 e. The van der Waals surface area contributed by atoms with Crippen LogP contribution in [0.2, 0.25) is 0 Å². The number of hydrogen-bond donors (Lipinski definition) is 1. The van der Waals surface area contributed by atoms with E-state index in [1.165, 1.54) is 0 Å². The molecule has 0 fully saturated rings. The van der Waals surface area contributed by atoms with Crippen LogP contribution in [0.4, 0.5) is 11.6 Å². The van der Waals surface area contributed by atoms with Crippen LogP contribution in [0, 0.1) is 0 Å². The second-order valence-electron chi connectivity index (χ2n) is 5.19. The quantitative estimate of drug-likeness (QED) is 0.791. The number of hydrogen-bond acceptors (Lipinski definition) is 6. The number of rotatable bonds is 4. The van der Waals surface area contributed by atoms with E-state index in [4.69, 9.17) is 14.2 Å². The van der Waals surface area contributed by atoms with Gasteiger partial charge in [-0.05, 0) is 48.5 Å². The van der Waals surface area contributed by atoms with Gasteiger partial charge < -0.3 is 19.5 Å². The molecule has 0 atom stereocenters. The van der Waals surface area contributed by atoms with E-state index in [0.717, 1.165) is 34.2 Å². The summed E-state index contributed by atoms with van der Waals surface area (Å²) >= 11 is 0. The van der Waals surface area contributed by atoms with Crippen molar-refractivity contribution in [2.45, 2.75) is 0 Å². The molecule has 6 heteroatoms. The van der Waals surface area contributed by atoms with Gasteiger partial charge in [-0.15, -0.1) is 0 Å². The fourth-order valence-corrected chi connectivity index (χ4v) is 2.44. The fraction of sp³-hybridized carbons (Fsp3) is 0.111. The van der Waals surface area contributed by atoms with Crippen molar-refractivity contribution in [3.05, 3.63) is 54.7 Å². The van der Waals surface area contributed by atoms with E-state index in [-0.39, 0.29) is 6.79 Å². The van der Waals surface area contributed by atoms with Crippen LogP contribution in [-0.2, 0) is 0 Å². The number of aromatic nitrogens is 2. The number of ether oxygens (including phenoxy) is 3. The van der Waals surface area contributed by atoms with Crippen molar-refractivity contribution in [2.75, 3.05) is 19.2 Å². The Balaban J connectivity index is 1.59. The normalized spacial score (nSPS) is 12.0. The fourth-order valence-electron chi connectivity index (χ4n) is 2.44. The van der Waals surface area contributed by atoms with Gasteiger partial charge in [-0.3, -0.25) is 0 Å². The zero-order valence-electron chi connectivity index (χ0n) is 13.0. The molecule has 0 radical (unpaired) electrons. The Morgan fingerprint density at radius 3 is 2.67 bits per heavy atom. The van der Waals surface area contributed by atoms with E-state index in [1.807, 2.05) is 48.5 Å². The van der Waals surface area contributed by atoms with E-state index in [0.29, 0.717) is 5.95 Å². The highest BCUT2D eigenvalue weighted by Gasteiger charge is 2.14. The summed E-state index contributed by atoms with van der Waals surface area (Å²) in [4.78, 5) is 8.82. The Kier molecular flexibility index (Phi) is 3.63.